The van der Waals surface area contributed by atoms with Crippen molar-refractivity contribution in [2.45, 2.75) is 6.61 Å². The van der Waals surface area contributed by atoms with Crippen LogP contribution in [0.15, 0.2) is 42.5 Å². The Bertz CT molecular complexity index is 596. The lowest BCUT2D eigenvalue weighted by Crippen LogP contribution is -2.05. The summed E-state index contributed by atoms with van der Waals surface area (Å²) in [6.07, 6.45) is 0. The molecule has 0 spiro atoms. The number of hydrogen-bond donors (Lipinski definition) is 0. The van der Waals surface area contributed by atoms with Gasteiger partial charge in [0.25, 0.3) is 0 Å². The minimum Gasteiger partial charge on any atom is -0.488 e. The highest BCUT2D eigenvalue weighted by Crippen LogP contribution is 2.37. The van der Waals surface area contributed by atoms with Gasteiger partial charge in [0, 0.05) is 5.56 Å². The van der Waals surface area contributed by atoms with Gasteiger partial charge in [-0.25, -0.2) is 0 Å². The molecule has 0 amide bonds. The van der Waals surface area contributed by atoms with Crippen molar-refractivity contribution in [2.24, 2.45) is 0 Å². The predicted octanol–water partition coefficient (Wildman–Crippen LogP) is 3.12. The molecule has 3 rings (SSSR count). The molecule has 0 saturated carbocycles. The van der Waals surface area contributed by atoms with Crippen LogP contribution in [0.5, 0.6) is 5.75 Å². The Morgan fingerprint density at radius 1 is 1.06 bits per heavy atom. The van der Waals surface area contributed by atoms with Gasteiger partial charge in [-0.1, -0.05) is 24.3 Å². The average molecular weight is 207 g/mol. The summed E-state index contributed by atoms with van der Waals surface area (Å²) in [5.41, 5.74) is 4.04. The molecule has 1 aliphatic rings. The second-order valence-electron chi connectivity index (χ2n) is 3.77. The van der Waals surface area contributed by atoms with Crippen LogP contribution in [0.25, 0.3) is 11.1 Å². The number of ether oxygens (including phenoxy) is 1. The van der Waals surface area contributed by atoms with E-state index in [1.54, 1.807) is 0 Å². The highest BCUT2D eigenvalue weighted by atomic mass is 16.5. The second-order valence-corrected chi connectivity index (χ2v) is 3.77. The first-order valence-corrected chi connectivity index (χ1v) is 5.14. The Labute approximate surface area is 93.7 Å². The van der Waals surface area contributed by atoms with Gasteiger partial charge in [0.05, 0.1) is 11.6 Å². The maximum atomic E-state index is 8.84. The second kappa shape index (κ2) is 3.39. The van der Waals surface area contributed by atoms with Crippen LogP contribution in [0, 0.1) is 11.3 Å². The molecule has 0 N–H and O–H groups in total. The molecule has 2 aromatic rings. The Hall–Kier alpha value is -2.27. The number of para-hydroxylation sites is 1. The molecule has 1 heterocycles. The molecule has 1 aliphatic heterocycles. The van der Waals surface area contributed by atoms with E-state index in [1.807, 2.05) is 42.5 Å². The maximum absolute atomic E-state index is 8.84. The third kappa shape index (κ3) is 1.26. The summed E-state index contributed by atoms with van der Waals surface area (Å²) in [5.74, 6) is 0.916. The van der Waals surface area contributed by atoms with E-state index in [0.717, 1.165) is 16.9 Å². The van der Waals surface area contributed by atoms with Crippen LogP contribution in [0.4, 0.5) is 0 Å². The number of nitriles is 1. The SMILES string of the molecule is N#Cc1ccc2c(c1)COc1ccccc1-2. The van der Waals surface area contributed by atoms with Crippen LogP contribution in [0.3, 0.4) is 0 Å². The van der Waals surface area contributed by atoms with Crippen molar-refractivity contribution in [3.63, 3.8) is 0 Å². The van der Waals surface area contributed by atoms with Crippen molar-refractivity contribution in [3.8, 4) is 22.9 Å². The largest absolute Gasteiger partial charge is 0.488 e. The smallest absolute Gasteiger partial charge is 0.127 e. The first kappa shape index (κ1) is 8.99. The van der Waals surface area contributed by atoms with Gasteiger partial charge < -0.3 is 4.74 Å². The lowest BCUT2D eigenvalue weighted by Gasteiger charge is -2.20. The average Bonchev–Trinajstić information content (AvgIpc) is 2.38. The fourth-order valence-electron chi connectivity index (χ4n) is 2.02. The molecule has 76 valence electrons. The standard InChI is InChI=1S/C14H9NO/c15-8-10-5-6-12-11(7-10)9-16-14-4-2-1-3-13(12)14/h1-7H,9H2. The summed E-state index contributed by atoms with van der Waals surface area (Å²) in [4.78, 5) is 0. The summed E-state index contributed by atoms with van der Waals surface area (Å²) < 4.78 is 5.64. The van der Waals surface area contributed by atoms with Crippen LogP contribution in [0.2, 0.25) is 0 Å². The molecule has 2 aromatic carbocycles. The molecule has 0 aromatic heterocycles. The van der Waals surface area contributed by atoms with Gasteiger partial charge in [0.2, 0.25) is 0 Å². The topological polar surface area (TPSA) is 33.0 Å². The summed E-state index contributed by atoms with van der Waals surface area (Å²) in [6, 6.07) is 15.9. The quantitative estimate of drug-likeness (QED) is 0.665. The third-order valence-corrected chi connectivity index (χ3v) is 2.79. The molecule has 2 heteroatoms. The van der Waals surface area contributed by atoms with E-state index in [4.69, 9.17) is 10.00 Å². The number of nitrogens with zero attached hydrogens (tertiary/aromatic N) is 1. The molecule has 0 saturated heterocycles. The zero-order valence-electron chi connectivity index (χ0n) is 8.60. The Morgan fingerprint density at radius 3 is 2.81 bits per heavy atom. The number of hydrogen-bond acceptors (Lipinski definition) is 2. The van der Waals surface area contributed by atoms with Crippen molar-refractivity contribution < 1.29 is 4.74 Å². The number of rotatable bonds is 0. The lowest BCUT2D eigenvalue weighted by molar-refractivity contribution is 0.302. The highest BCUT2D eigenvalue weighted by Gasteiger charge is 2.16. The van der Waals surface area contributed by atoms with Crippen LogP contribution < -0.4 is 4.74 Å². The monoisotopic (exact) mass is 207 g/mol. The summed E-state index contributed by atoms with van der Waals surface area (Å²) in [5, 5.41) is 8.84. The van der Waals surface area contributed by atoms with Gasteiger partial charge in [0.15, 0.2) is 0 Å². The zero-order chi connectivity index (χ0) is 11.0. The van der Waals surface area contributed by atoms with Gasteiger partial charge in [-0.3, -0.25) is 0 Å². The molecule has 0 atom stereocenters. The van der Waals surface area contributed by atoms with Crippen molar-refractivity contribution in [1.82, 2.24) is 0 Å². The van der Waals surface area contributed by atoms with Crippen LogP contribution >= 0.6 is 0 Å². The summed E-state index contributed by atoms with van der Waals surface area (Å²) in [6.45, 7) is 0.544. The molecule has 16 heavy (non-hydrogen) atoms. The minimum absolute atomic E-state index is 0.544. The third-order valence-electron chi connectivity index (χ3n) is 2.79. The fourth-order valence-corrected chi connectivity index (χ4v) is 2.02. The molecule has 2 nitrogen and oxygen atoms in total. The molecule has 0 fully saturated rings. The molecule has 0 aliphatic carbocycles. The zero-order valence-corrected chi connectivity index (χ0v) is 8.60. The van der Waals surface area contributed by atoms with E-state index in [-0.39, 0.29) is 0 Å². The van der Waals surface area contributed by atoms with E-state index in [1.165, 1.54) is 5.56 Å². The van der Waals surface area contributed by atoms with Gasteiger partial charge in [-0.15, -0.1) is 0 Å². The molecule has 0 bridgehead atoms. The number of fused-ring (bicyclic) bond motifs is 3. The number of benzene rings is 2. The highest BCUT2D eigenvalue weighted by molar-refractivity contribution is 5.75. The molecular weight excluding hydrogens is 198 g/mol. The predicted molar refractivity (Wildman–Crippen MR) is 60.9 cm³/mol. The fraction of sp³-hybridized carbons (Fsp3) is 0.0714. The van der Waals surface area contributed by atoms with Gasteiger partial charge in [-0.05, 0) is 29.3 Å². The normalized spacial score (nSPS) is 11.9. The van der Waals surface area contributed by atoms with Gasteiger partial charge in [-0.2, -0.15) is 5.26 Å². The van der Waals surface area contributed by atoms with Crippen molar-refractivity contribution in [3.05, 3.63) is 53.6 Å². The summed E-state index contributed by atoms with van der Waals surface area (Å²) in [7, 11) is 0. The van der Waals surface area contributed by atoms with Crippen molar-refractivity contribution in [1.29, 1.82) is 5.26 Å². The van der Waals surface area contributed by atoms with Crippen LogP contribution in [0.1, 0.15) is 11.1 Å². The van der Waals surface area contributed by atoms with Crippen molar-refractivity contribution in [2.75, 3.05) is 0 Å². The van der Waals surface area contributed by atoms with E-state index in [2.05, 4.69) is 6.07 Å². The van der Waals surface area contributed by atoms with Crippen LogP contribution in [-0.4, -0.2) is 0 Å². The van der Waals surface area contributed by atoms with E-state index < -0.39 is 0 Å². The lowest BCUT2D eigenvalue weighted by atomic mass is 9.95. The summed E-state index contributed by atoms with van der Waals surface area (Å²) >= 11 is 0. The van der Waals surface area contributed by atoms with E-state index >= 15 is 0 Å². The van der Waals surface area contributed by atoms with Crippen LogP contribution in [-0.2, 0) is 6.61 Å². The van der Waals surface area contributed by atoms with Gasteiger partial charge in [0.1, 0.15) is 12.4 Å². The molecule has 0 unspecified atom stereocenters. The Morgan fingerprint density at radius 2 is 1.94 bits per heavy atom. The van der Waals surface area contributed by atoms with Crippen molar-refractivity contribution >= 4 is 0 Å². The minimum atomic E-state index is 0.544. The van der Waals surface area contributed by atoms with E-state index in [0.29, 0.717) is 12.2 Å². The first-order valence-electron chi connectivity index (χ1n) is 5.14. The molecular formula is C14H9NO. The maximum Gasteiger partial charge on any atom is 0.127 e. The molecule has 0 radical (unpaired) electrons. The van der Waals surface area contributed by atoms with E-state index in [9.17, 15) is 0 Å². The first-order chi connectivity index (χ1) is 7.88. The van der Waals surface area contributed by atoms with Gasteiger partial charge >= 0.3 is 0 Å². The Balaban J connectivity index is 2.23. The Kier molecular flexibility index (Phi) is 1.91.